The highest BCUT2D eigenvalue weighted by Gasteiger charge is 2.05. The number of aromatic nitrogens is 3. The first-order chi connectivity index (χ1) is 10.7. The van der Waals surface area contributed by atoms with E-state index in [0.717, 1.165) is 15.8 Å². The van der Waals surface area contributed by atoms with E-state index in [4.69, 9.17) is 0 Å². The Morgan fingerprint density at radius 3 is 2.77 bits per heavy atom. The van der Waals surface area contributed by atoms with Crippen molar-refractivity contribution in [1.82, 2.24) is 14.9 Å². The van der Waals surface area contributed by atoms with Gasteiger partial charge in [0.2, 0.25) is 5.16 Å². The van der Waals surface area contributed by atoms with Crippen LogP contribution < -0.4 is 0 Å². The zero-order valence-corrected chi connectivity index (χ0v) is 14.1. The Bertz CT molecular complexity index is 772. The van der Waals surface area contributed by atoms with E-state index in [9.17, 15) is 0 Å². The quantitative estimate of drug-likeness (QED) is 0.522. The van der Waals surface area contributed by atoms with Crippen LogP contribution in [0, 0.1) is 13.8 Å². The molecule has 0 aliphatic heterocycles. The standard InChI is InChI=1S/C16H16N4S2/c1-12-3-5-14(6-4-12)10-22-16-19-17-11-20(16)18-9-15-13(2)7-8-21-15/h3-9,11H,10H2,1-2H3/b18-9+. The predicted molar refractivity (Wildman–Crippen MR) is 92.8 cm³/mol. The third kappa shape index (κ3) is 3.64. The molecule has 0 bridgehead atoms. The van der Waals surface area contributed by atoms with Crippen LogP contribution in [0.1, 0.15) is 21.6 Å². The predicted octanol–water partition coefficient (Wildman–Crippen LogP) is 4.13. The van der Waals surface area contributed by atoms with Crippen LogP contribution in [0.25, 0.3) is 0 Å². The summed E-state index contributed by atoms with van der Waals surface area (Å²) in [7, 11) is 0. The van der Waals surface area contributed by atoms with Crippen LogP contribution in [0.5, 0.6) is 0 Å². The van der Waals surface area contributed by atoms with Crippen molar-refractivity contribution in [2.45, 2.75) is 24.8 Å². The zero-order chi connectivity index (χ0) is 15.4. The minimum absolute atomic E-state index is 0.797. The van der Waals surface area contributed by atoms with Crippen molar-refractivity contribution < 1.29 is 0 Å². The van der Waals surface area contributed by atoms with Crippen LogP contribution in [-0.4, -0.2) is 21.1 Å². The second-order valence-corrected chi connectivity index (χ2v) is 6.83. The number of aryl methyl sites for hydroxylation is 2. The Morgan fingerprint density at radius 2 is 2.05 bits per heavy atom. The van der Waals surface area contributed by atoms with E-state index in [1.807, 2.05) is 6.21 Å². The van der Waals surface area contributed by atoms with Crippen molar-refractivity contribution in [3.8, 4) is 0 Å². The van der Waals surface area contributed by atoms with Crippen LogP contribution in [-0.2, 0) is 5.75 Å². The van der Waals surface area contributed by atoms with Crippen molar-refractivity contribution in [2.75, 3.05) is 0 Å². The molecule has 112 valence electrons. The number of rotatable bonds is 5. The lowest BCUT2D eigenvalue weighted by Gasteiger charge is -2.02. The fraction of sp³-hybridized carbons (Fsp3) is 0.188. The van der Waals surface area contributed by atoms with Gasteiger partial charge in [0.15, 0.2) is 0 Å². The first-order valence-corrected chi connectivity index (χ1v) is 8.76. The van der Waals surface area contributed by atoms with E-state index in [0.29, 0.717) is 0 Å². The third-order valence-electron chi connectivity index (χ3n) is 3.19. The molecule has 0 amide bonds. The van der Waals surface area contributed by atoms with E-state index in [1.165, 1.54) is 16.7 Å². The van der Waals surface area contributed by atoms with Gasteiger partial charge in [0.05, 0.1) is 11.1 Å². The maximum absolute atomic E-state index is 4.45. The molecular formula is C16H16N4S2. The summed E-state index contributed by atoms with van der Waals surface area (Å²) in [6.07, 6.45) is 3.50. The summed E-state index contributed by atoms with van der Waals surface area (Å²) in [6, 6.07) is 10.6. The molecule has 0 unspecified atom stereocenters. The van der Waals surface area contributed by atoms with Crippen molar-refractivity contribution in [3.63, 3.8) is 0 Å². The molecule has 3 rings (SSSR count). The maximum Gasteiger partial charge on any atom is 0.212 e. The van der Waals surface area contributed by atoms with Crippen molar-refractivity contribution in [3.05, 3.63) is 63.6 Å². The Labute approximate surface area is 137 Å². The molecule has 0 N–H and O–H groups in total. The Morgan fingerprint density at radius 1 is 1.23 bits per heavy atom. The maximum atomic E-state index is 4.45. The number of hydrogen-bond donors (Lipinski definition) is 0. The fourth-order valence-electron chi connectivity index (χ4n) is 1.86. The average molecular weight is 328 g/mol. The second-order valence-electron chi connectivity index (χ2n) is 4.94. The minimum Gasteiger partial charge on any atom is -0.195 e. The first kappa shape index (κ1) is 15.0. The Balaban J connectivity index is 1.68. The van der Waals surface area contributed by atoms with E-state index in [2.05, 4.69) is 64.9 Å². The molecule has 2 heterocycles. The summed E-state index contributed by atoms with van der Waals surface area (Å²) < 4.78 is 1.72. The smallest absolute Gasteiger partial charge is 0.195 e. The molecule has 2 aromatic heterocycles. The summed E-state index contributed by atoms with van der Waals surface area (Å²) in [5.74, 6) is 0.854. The lowest BCUT2D eigenvalue weighted by Crippen LogP contribution is -1.92. The number of nitrogens with zero attached hydrogens (tertiary/aromatic N) is 4. The molecule has 4 nitrogen and oxygen atoms in total. The molecule has 22 heavy (non-hydrogen) atoms. The SMILES string of the molecule is Cc1ccc(CSc2nncn2/N=C/c2sccc2C)cc1. The van der Waals surface area contributed by atoms with Gasteiger partial charge < -0.3 is 0 Å². The summed E-state index contributed by atoms with van der Waals surface area (Å²) >= 11 is 3.31. The third-order valence-corrected chi connectivity index (χ3v) is 5.15. The molecule has 3 aromatic rings. The van der Waals surface area contributed by atoms with Gasteiger partial charge in [-0.05, 0) is 36.4 Å². The van der Waals surface area contributed by atoms with Gasteiger partial charge in [-0.3, -0.25) is 0 Å². The van der Waals surface area contributed by atoms with Crippen LogP contribution in [0.2, 0.25) is 0 Å². The molecule has 0 fully saturated rings. The molecule has 0 radical (unpaired) electrons. The van der Waals surface area contributed by atoms with Crippen molar-refractivity contribution in [1.29, 1.82) is 0 Å². The molecule has 0 saturated heterocycles. The van der Waals surface area contributed by atoms with Crippen LogP contribution in [0.15, 0.2) is 52.3 Å². The highest BCUT2D eigenvalue weighted by molar-refractivity contribution is 7.98. The lowest BCUT2D eigenvalue weighted by atomic mass is 10.2. The minimum atomic E-state index is 0.797. The first-order valence-electron chi connectivity index (χ1n) is 6.89. The highest BCUT2D eigenvalue weighted by Crippen LogP contribution is 2.21. The number of thioether (sulfide) groups is 1. The van der Waals surface area contributed by atoms with Gasteiger partial charge in [-0.25, -0.2) is 0 Å². The largest absolute Gasteiger partial charge is 0.212 e. The molecule has 0 atom stereocenters. The number of thiophene rings is 1. The van der Waals surface area contributed by atoms with Crippen LogP contribution in [0.3, 0.4) is 0 Å². The monoisotopic (exact) mass is 328 g/mol. The number of benzene rings is 1. The lowest BCUT2D eigenvalue weighted by molar-refractivity contribution is 0.767. The molecule has 0 aliphatic carbocycles. The van der Waals surface area contributed by atoms with E-state index in [1.54, 1.807) is 34.1 Å². The molecule has 0 spiro atoms. The van der Waals surface area contributed by atoms with Crippen LogP contribution >= 0.6 is 23.1 Å². The van der Waals surface area contributed by atoms with Gasteiger partial charge >= 0.3 is 0 Å². The highest BCUT2D eigenvalue weighted by atomic mass is 32.2. The molecule has 1 aromatic carbocycles. The molecule has 0 aliphatic rings. The van der Waals surface area contributed by atoms with Gasteiger partial charge in [0.1, 0.15) is 6.33 Å². The van der Waals surface area contributed by atoms with Gasteiger partial charge in [-0.15, -0.1) is 21.5 Å². The summed E-state index contributed by atoms with van der Waals surface area (Å²) in [5, 5.41) is 15.4. The van der Waals surface area contributed by atoms with Crippen LogP contribution in [0.4, 0.5) is 0 Å². The topological polar surface area (TPSA) is 43.1 Å². The molecule has 0 saturated carbocycles. The molecule has 6 heteroatoms. The summed E-state index contributed by atoms with van der Waals surface area (Å²) in [4.78, 5) is 1.16. The van der Waals surface area contributed by atoms with E-state index < -0.39 is 0 Å². The van der Waals surface area contributed by atoms with Crippen molar-refractivity contribution >= 4 is 29.3 Å². The van der Waals surface area contributed by atoms with Gasteiger partial charge in [-0.2, -0.15) is 9.78 Å². The van der Waals surface area contributed by atoms with Gasteiger partial charge in [-0.1, -0.05) is 41.6 Å². The Hall–Kier alpha value is -1.92. The van der Waals surface area contributed by atoms with E-state index >= 15 is 0 Å². The Kier molecular flexibility index (Phi) is 4.70. The summed E-state index contributed by atoms with van der Waals surface area (Å²) in [6.45, 7) is 4.17. The van der Waals surface area contributed by atoms with Gasteiger partial charge in [0.25, 0.3) is 0 Å². The number of hydrogen-bond acceptors (Lipinski definition) is 5. The fourth-order valence-corrected chi connectivity index (χ4v) is 3.46. The van der Waals surface area contributed by atoms with Gasteiger partial charge in [0, 0.05) is 5.75 Å². The second kappa shape index (κ2) is 6.89. The summed E-state index contributed by atoms with van der Waals surface area (Å²) in [5.41, 5.74) is 3.77. The molecular weight excluding hydrogens is 312 g/mol. The van der Waals surface area contributed by atoms with Crippen molar-refractivity contribution in [2.24, 2.45) is 5.10 Å². The zero-order valence-electron chi connectivity index (χ0n) is 12.4. The normalized spacial score (nSPS) is 11.4. The van der Waals surface area contributed by atoms with E-state index in [-0.39, 0.29) is 0 Å². The average Bonchev–Trinajstić information content (AvgIpc) is 3.13.